The molecule has 0 heterocycles. The number of fused-ring (bicyclic) bond motifs is 3. The van der Waals surface area contributed by atoms with E-state index in [9.17, 15) is 9.59 Å². The van der Waals surface area contributed by atoms with Crippen molar-refractivity contribution in [1.29, 1.82) is 0 Å². The number of alkyl carbamates (subject to hydrolysis) is 1. The van der Waals surface area contributed by atoms with Gasteiger partial charge in [-0.2, -0.15) is 0 Å². The predicted octanol–water partition coefficient (Wildman–Crippen LogP) is 6.06. The molecule has 0 radical (unpaired) electrons. The summed E-state index contributed by atoms with van der Waals surface area (Å²) in [4.78, 5) is 24.8. The van der Waals surface area contributed by atoms with Crippen molar-refractivity contribution in [2.75, 3.05) is 20.3 Å². The summed E-state index contributed by atoms with van der Waals surface area (Å²) in [6, 6.07) is 29.7. The molecular weight excluding hydrogens is 488 g/mol. The van der Waals surface area contributed by atoms with Crippen LogP contribution in [0, 0.1) is 13.8 Å². The summed E-state index contributed by atoms with van der Waals surface area (Å²) < 4.78 is 11.4. The Hall–Kier alpha value is -4.58. The van der Waals surface area contributed by atoms with Crippen molar-refractivity contribution in [1.82, 2.24) is 10.6 Å². The highest BCUT2D eigenvalue weighted by Crippen LogP contribution is 2.44. The molecule has 1 aliphatic carbocycles. The third-order valence-corrected chi connectivity index (χ3v) is 7.20. The normalized spacial score (nSPS) is 12.7. The fraction of sp³-hybridized carbons (Fsp3) is 0.212. The molecule has 198 valence electrons. The number of nitrogens with one attached hydrogen (secondary N) is 2. The van der Waals surface area contributed by atoms with Crippen molar-refractivity contribution >= 4 is 12.0 Å². The summed E-state index contributed by atoms with van der Waals surface area (Å²) in [5.41, 5.74) is 8.79. The first kappa shape index (κ1) is 26.0. The van der Waals surface area contributed by atoms with E-state index in [1.54, 1.807) is 19.2 Å². The maximum atomic E-state index is 13.2. The van der Waals surface area contributed by atoms with E-state index in [1.165, 1.54) is 22.3 Å². The standard InChI is InChI=1S/C33H32N2O4/c1-21-12-17-25(22(2)18-21)32(23-13-15-24(16-14-23)38-20-31(36)34-3)35-33(37)39-19-30-28-10-6-4-8-26(28)27-9-5-7-11-29(27)30/h4-18,30,32H,19-20H2,1-3H3,(H,34,36)(H,35,37). The van der Waals surface area contributed by atoms with Crippen LogP contribution in [0.1, 0.15) is 45.3 Å². The Bertz CT molecular complexity index is 1450. The van der Waals surface area contributed by atoms with Crippen LogP contribution in [0.15, 0.2) is 91.0 Å². The van der Waals surface area contributed by atoms with Crippen LogP contribution in [0.5, 0.6) is 5.75 Å². The summed E-state index contributed by atoms with van der Waals surface area (Å²) in [6.07, 6.45) is -0.484. The summed E-state index contributed by atoms with van der Waals surface area (Å²) in [5, 5.41) is 5.63. The third kappa shape index (κ3) is 5.65. The van der Waals surface area contributed by atoms with Gasteiger partial charge in [-0.05, 0) is 64.9 Å². The number of amides is 2. The number of carbonyl (C=O) groups excluding carboxylic acids is 2. The highest BCUT2D eigenvalue weighted by atomic mass is 16.5. The second kappa shape index (κ2) is 11.4. The lowest BCUT2D eigenvalue weighted by Gasteiger charge is -2.23. The molecule has 0 bridgehead atoms. The second-order valence-electron chi connectivity index (χ2n) is 9.79. The largest absolute Gasteiger partial charge is 0.484 e. The molecule has 0 aromatic heterocycles. The van der Waals surface area contributed by atoms with Gasteiger partial charge in [0.05, 0.1) is 6.04 Å². The minimum Gasteiger partial charge on any atom is -0.484 e. The molecule has 2 N–H and O–H groups in total. The molecule has 0 fully saturated rings. The maximum absolute atomic E-state index is 13.2. The topological polar surface area (TPSA) is 76.7 Å². The SMILES string of the molecule is CNC(=O)COc1ccc(C(NC(=O)OCC2c3ccccc3-c3ccccc32)c2ccc(C)cc2C)cc1. The van der Waals surface area contributed by atoms with E-state index in [2.05, 4.69) is 41.0 Å². The van der Waals surface area contributed by atoms with Gasteiger partial charge in [0.15, 0.2) is 6.61 Å². The van der Waals surface area contributed by atoms with Gasteiger partial charge in [-0.1, -0.05) is 84.4 Å². The van der Waals surface area contributed by atoms with Crippen LogP contribution < -0.4 is 15.4 Å². The van der Waals surface area contributed by atoms with E-state index >= 15 is 0 Å². The molecule has 39 heavy (non-hydrogen) atoms. The fourth-order valence-corrected chi connectivity index (χ4v) is 5.23. The molecule has 0 saturated carbocycles. The lowest BCUT2D eigenvalue weighted by atomic mass is 9.94. The van der Waals surface area contributed by atoms with Crippen LogP contribution in [0.4, 0.5) is 4.79 Å². The Morgan fingerprint density at radius 1 is 0.846 bits per heavy atom. The number of likely N-dealkylation sites (N-methyl/N-ethyl adjacent to an activating group) is 1. The average Bonchev–Trinajstić information content (AvgIpc) is 3.28. The second-order valence-corrected chi connectivity index (χ2v) is 9.79. The molecule has 1 aliphatic rings. The molecule has 6 heteroatoms. The van der Waals surface area contributed by atoms with Crippen LogP contribution in [-0.2, 0) is 9.53 Å². The van der Waals surface area contributed by atoms with Crippen molar-refractivity contribution in [2.45, 2.75) is 25.8 Å². The molecule has 2 amide bonds. The maximum Gasteiger partial charge on any atom is 0.407 e. The number of aryl methyl sites for hydroxylation is 2. The fourth-order valence-electron chi connectivity index (χ4n) is 5.23. The quantitative estimate of drug-likeness (QED) is 0.296. The van der Waals surface area contributed by atoms with Crippen LogP contribution in [0.2, 0.25) is 0 Å². The highest BCUT2D eigenvalue weighted by molar-refractivity contribution is 5.79. The molecule has 4 aromatic rings. The number of hydrogen-bond donors (Lipinski definition) is 2. The zero-order chi connectivity index (χ0) is 27.4. The Kier molecular flexibility index (Phi) is 7.64. The van der Waals surface area contributed by atoms with Gasteiger partial charge in [0.2, 0.25) is 0 Å². The lowest BCUT2D eigenvalue weighted by molar-refractivity contribution is -0.122. The van der Waals surface area contributed by atoms with Gasteiger partial charge in [0, 0.05) is 13.0 Å². The van der Waals surface area contributed by atoms with Gasteiger partial charge in [0.1, 0.15) is 12.4 Å². The van der Waals surface area contributed by atoms with Gasteiger partial charge >= 0.3 is 6.09 Å². The van der Waals surface area contributed by atoms with Gasteiger partial charge in [-0.15, -0.1) is 0 Å². The first-order chi connectivity index (χ1) is 18.9. The van der Waals surface area contributed by atoms with Crippen LogP contribution in [0.25, 0.3) is 11.1 Å². The Labute approximate surface area is 229 Å². The van der Waals surface area contributed by atoms with E-state index in [4.69, 9.17) is 9.47 Å². The van der Waals surface area contributed by atoms with Crippen molar-refractivity contribution in [3.63, 3.8) is 0 Å². The van der Waals surface area contributed by atoms with Gasteiger partial charge < -0.3 is 20.1 Å². The smallest absolute Gasteiger partial charge is 0.407 e. The van der Waals surface area contributed by atoms with Gasteiger partial charge in [-0.3, -0.25) is 4.79 Å². The molecule has 0 aliphatic heterocycles. The van der Waals surface area contributed by atoms with Gasteiger partial charge in [0.25, 0.3) is 5.91 Å². The van der Waals surface area contributed by atoms with Crippen LogP contribution >= 0.6 is 0 Å². The Morgan fingerprint density at radius 2 is 1.49 bits per heavy atom. The number of hydrogen-bond acceptors (Lipinski definition) is 4. The molecule has 4 aromatic carbocycles. The molecule has 1 unspecified atom stereocenters. The van der Waals surface area contributed by atoms with E-state index in [0.29, 0.717) is 5.75 Å². The van der Waals surface area contributed by atoms with E-state index in [0.717, 1.165) is 22.3 Å². The molecule has 0 saturated heterocycles. The Morgan fingerprint density at radius 3 is 2.10 bits per heavy atom. The minimum absolute atomic E-state index is 0.0144. The first-order valence-electron chi connectivity index (χ1n) is 13.1. The average molecular weight is 521 g/mol. The molecule has 5 rings (SSSR count). The predicted molar refractivity (Wildman–Crippen MR) is 152 cm³/mol. The van der Waals surface area contributed by atoms with Crippen LogP contribution in [0.3, 0.4) is 0 Å². The lowest BCUT2D eigenvalue weighted by Crippen LogP contribution is -2.31. The van der Waals surface area contributed by atoms with Crippen molar-refractivity contribution in [3.05, 3.63) is 124 Å². The highest BCUT2D eigenvalue weighted by Gasteiger charge is 2.29. The number of ether oxygens (including phenoxy) is 2. The molecule has 0 spiro atoms. The zero-order valence-electron chi connectivity index (χ0n) is 22.4. The van der Waals surface area contributed by atoms with E-state index in [-0.39, 0.29) is 25.0 Å². The van der Waals surface area contributed by atoms with Crippen LogP contribution in [-0.4, -0.2) is 32.3 Å². The molecule has 1 atom stereocenters. The van der Waals surface area contributed by atoms with E-state index in [1.807, 2.05) is 62.4 Å². The summed E-state index contributed by atoms with van der Waals surface area (Å²) in [7, 11) is 1.57. The minimum atomic E-state index is -0.484. The molecule has 6 nitrogen and oxygen atoms in total. The Balaban J connectivity index is 1.35. The number of carbonyl (C=O) groups is 2. The first-order valence-corrected chi connectivity index (χ1v) is 13.1. The van der Waals surface area contributed by atoms with Crippen molar-refractivity contribution in [3.8, 4) is 16.9 Å². The monoisotopic (exact) mass is 520 g/mol. The third-order valence-electron chi connectivity index (χ3n) is 7.20. The number of benzene rings is 4. The van der Waals surface area contributed by atoms with Gasteiger partial charge in [-0.25, -0.2) is 4.79 Å². The number of rotatable bonds is 8. The van der Waals surface area contributed by atoms with E-state index < -0.39 is 12.1 Å². The van der Waals surface area contributed by atoms with Crippen molar-refractivity contribution < 1.29 is 19.1 Å². The summed E-state index contributed by atoms with van der Waals surface area (Å²) in [5.74, 6) is 0.353. The summed E-state index contributed by atoms with van der Waals surface area (Å²) >= 11 is 0. The summed E-state index contributed by atoms with van der Waals surface area (Å²) in [6.45, 7) is 4.26. The molecular formula is C33H32N2O4. The zero-order valence-corrected chi connectivity index (χ0v) is 22.4. The van der Waals surface area contributed by atoms with Crippen molar-refractivity contribution in [2.24, 2.45) is 0 Å².